The van der Waals surface area contributed by atoms with Gasteiger partial charge in [-0.1, -0.05) is 0 Å². The van der Waals surface area contributed by atoms with E-state index in [1.54, 1.807) is 0 Å². The van der Waals surface area contributed by atoms with E-state index < -0.39 is 0 Å². The van der Waals surface area contributed by atoms with Crippen LogP contribution in [0.3, 0.4) is 0 Å². The molecule has 2 rings (SSSR count). The molecule has 0 aromatic heterocycles. The Kier molecular flexibility index (Phi) is 2.36. The molecule has 0 unspecified atom stereocenters. The Hall–Kier alpha value is -1.22. The number of ether oxygens (including phenoxy) is 2. The van der Waals surface area contributed by atoms with E-state index in [4.69, 9.17) is 15.2 Å². The first-order chi connectivity index (χ1) is 6.40. The van der Waals surface area contributed by atoms with Gasteiger partial charge >= 0.3 is 0 Å². The van der Waals surface area contributed by atoms with Crippen molar-refractivity contribution in [2.75, 3.05) is 19.8 Å². The number of rotatable bonds is 3. The number of benzene rings is 1. The van der Waals surface area contributed by atoms with Crippen LogP contribution in [0.2, 0.25) is 0 Å². The Labute approximate surface area is 77.5 Å². The Morgan fingerprint density at radius 1 is 1.46 bits per heavy atom. The van der Waals surface area contributed by atoms with Crippen LogP contribution in [-0.2, 0) is 6.42 Å². The van der Waals surface area contributed by atoms with Crippen LogP contribution >= 0.6 is 0 Å². The van der Waals surface area contributed by atoms with Gasteiger partial charge in [-0.05, 0) is 18.2 Å². The molecule has 0 saturated heterocycles. The van der Waals surface area contributed by atoms with Crippen LogP contribution in [0, 0.1) is 0 Å². The highest BCUT2D eigenvalue weighted by atomic mass is 16.5. The van der Waals surface area contributed by atoms with Gasteiger partial charge < -0.3 is 15.2 Å². The first-order valence-corrected chi connectivity index (χ1v) is 4.49. The van der Waals surface area contributed by atoms with Gasteiger partial charge in [0, 0.05) is 18.5 Å². The minimum atomic E-state index is 0.549. The average Bonchev–Trinajstić information content (AvgIpc) is 2.61. The van der Waals surface area contributed by atoms with Gasteiger partial charge in [-0.2, -0.15) is 0 Å². The van der Waals surface area contributed by atoms with Crippen molar-refractivity contribution < 1.29 is 9.47 Å². The normalized spacial score (nSPS) is 13.6. The second-order valence-corrected chi connectivity index (χ2v) is 3.01. The third kappa shape index (κ3) is 1.75. The van der Waals surface area contributed by atoms with Gasteiger partial charge in [0.25, 0.3) is 0 Å². The second kappa shape index (κ2) is 3.66. The molecule has 1 aromatic carbocycles. The molecule has 0 fully saturated rings. The fraction of sp³-hybridized carbons (Fsp3) is 0.400. The highest BCUT2D eigenvalue weighted by Crippen LogP contribution is 2.28. The Morgan fingerprint density at radius 3 is 3.23 bits per heavy atom. The Balaban J connectivity index is 2.12. The third-order valence-corrected chi connectivity index (χ3v) is 2.05. The molecule has 0 spiro atoms. The summed E-state index contributed by atoms with van der Waals surface area (Å²) in [6, 6.07) is 5.89. The molecule has 70 valence electrons. The average molecular weight is 179 g/mol. The topological polar surface area (TPSA) is 44.5 Å². The van der Waals surface area contributed by atoms with E-state index in [0.29, 0.717) is 13.2 Å². The molecule has 1 aromatic rings. The van der Waals surface area contributed by atoms with Crippen molar-refractivity contribution in [3.05, 3.63) is 23.8 Å². The van der Waals surface area contributed by atoms with Crippen molar-refractivity contribution in [2.24, 2.45) is 5.73 Å². The summed E-state index contributed by atoms with van der Waals surface area (Å²) in [5, 5.41) is 0. The number of nitrogens with two attached hydrogens (primary N) is 1. The first kappa shape index (κ1) is 8.38. The van der Waals surface area contributed by atoms with Crippen molar-refractivity contribution in [2.45, 2.75) is 6.42 Å². The van der Waals surface area contributed by atoms with Crippen molar-refractivity contribution >= 4 is 0 Å². The summed E-state index contributed by atoms with van der Waals surface area (Å²) in [4.78, 5) is 0. The fourth-order valence-corrected chi connectivity index (χ4v) is 1.43. The SMILES string of the molecule is NCCOc1ccc2c(c1)CCO2. The first-order valence-electron chi connectivity index (χ1n) is 4.49. The lowest BCUT2D eigenvalue weighted by atomic mass is 10.2. The number of fused-ring (bicyclic) bond motifs is 1. The van der Waals surface area contributed by atoms with E-state index in [1.165, 1.54) is 5.56 Å². The van der Waals surface area contributed by atoms with Crippen molar-refractivity contribution in [1.29, 1.82) is 0 Å². The summed E-state index contributed by atoms with van der Waals surface area (Å²) in [6.45, 7) is 1.91. The predicted octanol–water partition coefficient (Wildman–Crippen LogP) is 0.959. The molecular formula is C10H13NO2. The molecule has 3 heteroatoms. The second-order valence-electron chi connectivity index (χ2n) is 3.01. The molecule has 1 aliphatic heterocycles. The van der Waals surface area contributed by atoms with Gasteiger partial charge in [0.2, 0.25) is 0 Å². The van der Waals surface area contributed by atoms with Crippen molar-refractivity contribution in [3.8, 4) is 11.5 Å². The number of hydrogen-bond donors (Lipinski definition) is 1. The molecule has 0 amide bonds. The summed E-state index contributed by atoms with van der Waals surface area (Å²) in [5.41, 5.74) is 6.57. The Bertz CT molecular complexity index is 299. The zero-order valence-electron chi connectivity index (χ0n) is 7.45. The summed E-state index contributed by atoms with van der Waals surface area (Å²) >= 11 is 0. The van der Waals surface area contributed by atoms with E-state index in [0.717, 1.165) is 24.5 Å². The maximum absolute atomic E-state index is 5.40. The van der Waals surface area contributed by atoms with Gasteiger partial charge in [0.05, 0.1) is 6.61 Å². The van der Waals surface area contributed by atoms with E-state index in [-0.39, 0.29) is 0 Å². The van der Waals surface area contributed by atoms with Crippen LogP contribution in [0.4, 0.5) is 0 Å². The lowest BCUT2D eigenvalue weighted by Gasteiger charge is -2.05. The lowest BCUT2D eigenvalue weighted by molar-refractivity contribution is 0.327. The molecule has 3 nitrogen and oxygen atoms in total. The zero-order valence-corrected chi connectivity index (χ0v) is 7.45. The van der Waals surface area contributed by atoms with Gasteiger partial charge in [-0.15, -0.1) is 0 Å². The molecule has 0 saturated carbocycles. The molecular weight excluding hydrogens is 166 g/mol. The summed E-state index contributed by atoms with van der Waals surface area (Å²) in [5.74, 6) is 1.87. The number of hydrogen-bond acceptors (Lipinski definition) is 3. The van der Waals surface area contributed by atoms with Gasteiger partial charge in [0.1, 0.15) is 18.1 Å². The standard InChI is InChI=1S/C10H13NO2/c11-4-6-12-9-1-2-10-8(7-9)3-5-13-10/h1-2,7H,3-6,11H2. The fourth-order valence-electron chi connectivity index (χ4n) is 1.43. The van der Waals surface area contributed by atoms with E-state index in [1.807, 2.05) is 18.2 Å². The highest BCUT2D eigenvalue weighted by Gasteiger charge is 2.11. The lowest BCUT2D eigenvalue weighted by Crippen LogP contribution is -2.10. The van der Waals surface area contributed by atoms with Gasteiger partial charge in [-0.25, -0.2) is 0 Å². The third-order valence-electron chi connectivity index (χ3n) is 2.05. The quantitative estimate of drug-likeness (QED) is 0.751. The minimum Gasteiger partial charge on any atom is -0.493 e. The van der Waals surface area contributed by atoms with E-state index in [2.05, 4.69) is 0 Å². The molecule has 13 heavy (non-hydrogen) atoms. The van der Waals surface area contributed by atoms with Crippen molar-refractivity contribution in [3.63, 3.8) is 0 Å². The van der Waals surface area contributed by atoms with Crippen LogP contribution in [0.5, 0.6) is 11.5 Å². The molecule has 0 aliphatic carbocycles. The molecule has 1 aliphatic rings. The molecule has 0 radical (unpaired) electrons. The minimum absolute atomic E-state index is 0.549. The highest BCUT2D eigenvalue weighted by molar-refractivity contribution is 5.42. The summed E-state index contributed by atoms with van der Waals surface area (Å²) in [7, 11) is 0. The molecule has 0 atom stereocenters. The zero-order chi connectivity index (χ0) is 9.10. The van der Waals surface area contributed by atoms with Crippen LogP contribution < -0.4 is 15.2 Å². The van der Waals surface area contributed by atoms with Gasteiger partial charge in [0.15, 0.2) is 0 Å². The smallest absolute Gasteiger partial charge is 0.122 e. The van der Waals surface area contributed by atoms with Crippen LogP contribution in [0.25, 0.3) is 0 Å². The Morgan fingerprint density at radius 2 is 2.38 bits per heavy atom. The molecule has 1 heterocycles. The molecule has 2 N–H and O–H groups in total. The van der Waals surface area contributed by atoms with E-state index >= 15 is 0 Å². The maximum atomic E-state index is 5.40. The maximum Gasteiger partial charge on any atom is 0.122 e. The van der Waals surface area contributed by atoms with E-state index in [9.17, 15) is 0 Å². The monoisotopic (exact) mass is 179 g/mol. The van der Waals surface area contributed by atoms with Gasteiger partial charge in [-0.3, -0.25) is 0 Å². The van der Waals surface area contributed by atoms with Crippen LogP contribution in [0.15, 0.2) is 18.2 Å². The molecule has 0 bridgehead atoms. The van der Waals surface area contributed by atoms with Crippen LogP contribution in [-0.4, -0.2) is 19.8 Å². The van der Waals surface area contributed by atoms with Crippen molar-refractivity contribution in [1.82, 2.24) is 0 Å². The summed E-state index contributed by atoms with van der Waals surface area (Å²) in [6.07, 6.45) is 0.981. The van der Waals surface area contributed by atoms with Crippen LogP contribution in [0.1, 0.15) is 5.56 Å². The largest absolute Gasteiger partial charge is 0.493 e. The summed E-state index contributed by atoms with van der Waals surface area (Å²) < 4.78 is 10.8. The predicted molar refractivity (Wildman–Crippen MR) is 50.2 cm³/mol.